The third-order valence-electron chi connectivity index (χ3n) is 1.29. The van der Waals surface area contributed by atoms with Crippen molar-refractivity contribution >= 4 is 0 Å². The monoisotopic (exact) mass is 112 g/mol. The molecule has 2 N–H and O–H groups in total. The summed E-state index contributed by atoms with van der Waals surface area (Å²) in [5.74, 6) is 0.765. The second-order valence-electron chi connectivity index (χ2n) is 2.27. The molecule has 1 aliphatic rings. The summed E-state index contributed by atoms with van der Waals surface area (Å²) in [4.78, 5) is 0. The molecule has 0 aromatic carbocycles. The Kier molecular flexibility index (Phi) is 1.92. The standard InChI is InChI=1S/C6H12N2/c1-6-3-2-4-7-8-5-6/h2,4,6-8H,3,5H2,1H3. The van der Waals surface area contributed by atoms with Crippen LogP contribution in [-0.4, -0.2) is 6.54 Å². The van der Waals surface area contributed by atoms with Crippen LogP contribution in [0, 0.1) is 5.92 Å². The largest absolute Gasteiger partial charge is 0.329 e. The molecule has 0 saturated heterocycles. The fraction of sp³-hybridized carbons (Fsp3) is 0.667. The highest BCUT2D eigenvalue weighted by molar-refractivity contribution is 4.83. The molecule has 0 aromatic rings. The summed E-state index contributed by atoms with van der Waals surface area (Å²) >= 11 is 0. The van der Waals surface area contributed by atoms with Gasteiger partial charge in [-0.3, -0.25) is 0 Å². The van der Waals surface area contributed by atoms with Crippen LogP contribution in [0.2, 0.25) is 0 Å². The fourth-order valence-electron chi connectivity index (χ4n) is 0.735. The maximum Gasteiger partial charge on any atom is 0.0176 e. The summed E-state index contributed by atoms with van der Waals surface area (Å²) in [6.45, 7) is 3.29. The second kappa shape index (κ2) is 2.72. The topological polar surface area (TPSA) is 24.1 Å². The lowest BCUT2D eigenvalue weighted by Crippen LogP contribution is -2.28. The van der Waals surface area contributed by atoms with Gasteiger partial charge in [-0.15, -0.1) is 0 Å². The van der Waals surface area contributed by atoms with Crippen LogP contribution in [0.1, 0.15) is 13.3 Å². The molecule has 2 heteroatoms. The van der Waals surface area contributed by atoms with Crippen molar-refractivity contribution in [2.24, 2.45) is 5.92 Å². The zero-order valence-electron chi connectivity index (χ0n) is 5.15. The van der Waals surface area contributed by atoms with E-state index < -0.39 is 0 Å². The maximum absolute atomic E-state index is 3.06. The number of rotatable bonds is 0. The quantitative estimate of drug-likeness (QED) is 0.480. The van der Waals surface area contributed by atoms with E-state index in [1.165, 1.54) is 6.42 Å². The van der Waals surface area contributed by atoms with Gasteiger partial charge in [-0.25, -0.2) is 5.43 Å². The van der Waals surface area contributed by atoms with Crippen LogP contribution >= 0.6 is 0 Å². The van der Waals surface area contributed by atoms with Crippen molar-refractivity contribution in [2.75, 3.05) is 6.54 Å². The number of allylic oxidation sites excluding steroid dienone is 1. The molecule has 1 rings (SSSR count). The molecule has 1 heterocycles. The van der Waals surface area contributed by atoms with E-state index in [-0.39, 0.29) is 0 Å². The van der Waals surface area contributed by atoms with Gasteiger partial charge >= 0.3 is 0 Å². The molecule has 0 bridgehead atoms. The highest BCUT2D eigenvalue weighted by Crippen LogP contribution is 2.01. The highest BCUT2D eigenvalue weighted by atomic mass is 15.3. The molecule has 0 fully saturated rings. The lowest BCUT2D eigenvalue weighted by molar-refractivity contribution is 0.510. The average molecular weight is 112 g/mol. The van der Waals surface area contributed by atoms with E-state index in [1.54, 1.807) is 0 Å². The highest BCUT2D eigenvalue weighted by Gasteiger charge is 1.99. The fourth-order valence-corrected chi connectivity index (χ4v) is 0.735. The van der Waals surface area contributed by atoms with E-state index in [2.05, 4.69) is 23.9 Å². The normalized spacial score (nSPS) is 28.9. The van der Waals surface area contributed by atoms with Crippen molar-refractivity contribution < 1.29 is 0 Å². The van der Waals surface area contributed by atoms with Crippen LogP contribution in [0.3, 0.4) is 0 Å². The van der Waals surface area contributed by atoms with Gasteiger partial charge in [0.2, 0.25) is 0 Å². The van der Waals surface area contributed by atoms with Crippen molar-refractivity contribution in [2.45, 2.75) is 13.3 Å². The Labute approximate surface area is 49.9 Å². The summed E-state index contributed by atoms with van der Waals surface area (Å²) in [5, 5.41) is 0. The number of hydrazine groups is 1. The first-order valence-corrected chi connectivity index (χ1v) is 3.03. The summed E-state index contributed by atoms with van der Waals surface area (Å²) in [5.41, 5.74) is 6.01. The molecule has 8 heavy (non-hydrogen) atoms. The third kappa shape index (κ3) is 1.54. The van der Waals surface area contributed by atoms with Crippen molar-refractivity contribution in [3.05, 3.63) is 12.3 Å². The lowest BCUT2D eigenvalue weighted by Gasteiger charge is -2.04. The minimum absolute atomic E-state index is 0.765. The van der Waals surface area contributed by atoms with Gasteiger partial charge in [0.05, 0.1) is 0 Å². The van der Waals surface area contributed by atoms with E-state index in [1.807, 2.05) is 6.20 Å². The molecule has 0 saturated carbocycles. The molecule has 0 radical (unpaired) electrons. The summed E-state index contributed by atoms with van der Waals surface area (Å²) in [7, 11) is 0. The van der Waals surface area contributed by atoms with Crippen LogP contribution in [0.15, 0.2) is 12.3 Å². The van der Waals surface area contributed by atoms with E-state index >= 15 is 0 Å². The Morgan fingerprint density at radius 1 is 1.62 bits per heavy atom. The summed E-state index contributed by atoms with van der Waals surface area (Å²) in [6, 6.07) is 0. The second-order valence-corrected chi connectivity index (χ2v) is 2.27. The van der Waals surface area contributed by atoms with Gasteiger partial charge in [0.25, 0.3) is 0 Å². The average Bonchev–Trinajstić information content (AvgIpc) is 1.94. The Hall–Kier alpha value is -0.500. The molecular formula is C6H12N2. The van der Waals surface area contributed by atoms with Crippen molar-refractivity contribution in [3.63, 3.8) is 0 Å². The predicted molar refractivity (Wildman–Crippen MR) is 34.1 cm³/mol. The molecule has 1 unspecified atom stereocenters. The zero-order valence-corrected chi connectivity index (χ0v) is 5.15. The van der Waals surface area contributed by atoms with Crippen LogP contribution in [0.25, 0.3) is 0 Å². The minimum atomic E-state index is 0.765. The number of nitrogens with one attached hydrogen (secondary N) is 2. The minimum Gasteiger partial charge on any atom is -0.329 e. The smallest absolute Gasteiger partial charge is 0.0176 e. The molecule has 0 spiro atoms. The van der Waals surface area contributed by atoms with Gasteiger partial charge in [-0.1, -0.05) is 13.0 Å². The maximum atomic E-state index is 3.06. The Morgan fingerprint density at radius 2 is 2.50 bits per heavy atom. The lowest BCUT2D eigenvalue weighted by atomic mass is 10.1. The van der Waals surface area contributed by atoms with E-state index in [0.29, 0.717) is 0 Å². The molecule has 1 atom stereocenters. The van der Waals surface area contributed by atoms with Gasteiger partial charge in [0.1, 0.15) is 0 Å². The summed E-state index contributed by atoms with van der Waals surface area (Å²) in [6.07, 6.45) is 5.27. The zero-order chi connectivity index (χ0) is 5.82. The number of hydrogen-bond acceptors (Lipinski definition) is 2. The summed E-state index contributed by atoms with van der Waals surface area (Å²) < 4.78 is 0. The first-order chi connectivity index (χ1) is 3.89. The van der Waals surface area contributed by atoms with Crippen LogP contribution in [-0.2, 0) is 0 Å². The number of hydrogen-bond donors (Lipinski definition) is 2. The predicted octanol–water partition coefficient (Wildman–Crippen LogP) is 0.634. The molecule has 0 amide bonds. The van der Waals surface area contributed by atoms with Crippen LogP contribution in [0.4, 0.5) is 0 Å². The van der Waals surface area contributed by atoms with Crippen LogP contribution in [0.5, 0.6) is 0 Å². The van der Waals surface area contributed by atoms with Gasteiger partial charge < -0.3 is 5.43 Å². The molecule has 2 nitrogen and oxygen atoms in total. The van der Waals surface area contributed by atoms with Gasteiger partial charge in [-0.2, -0.15) is 0 Å². The van der Waals surface area contributed by atoms with Gasteiger partial charge in [0.15, 0.2) is 0 Å². The van der Waals surface area contributed by atoms with E-state index in [4.69, 9.17) is 0 Å². The van der Waals surface area contributed by atoms with Crippen molar-refractivity contribution in [1.29, 1.82) is 0 Å². The Balaban J connectivity index is 2.30. The Morgan fingerprint density at radius 3 is 3.38 bits per heavy atom. The molecule has 0 aromatic heterocycles. The first kappa shape index (κ1) is 5.63. The molecule has 46 valence electrons. The Bertz CT molecular complexity index is 88.5. The first-order valence-electron chi connectivity index (χ1n) is 3.03. The van der Waals surface area contributed by atoms with Gasteiger partial charge in [-0.05, 0) is 12.3 Å². The molecular weight excluding hydrogens is 100 g/mol. The third-order valence-corrected chi connectivity index (χ3v) is 1.29. The van der Waals surface area contributed by atoms with Gasteiger partial charge in [0, 0.05) is 12.7 Å². The van der Waals surface area contributed by atoms with Crippen LogP contribution < -0.4 is 10.9 Å². The molecule has 0 aliphatic carbocycles. The van der Waals surface area contributed by atoms with Crippen molar-refractivity contribution in [3.8, 4) is 0 Å². The van der Waals surface area contributed by atoms with E-state index in [9.17, 15) is 0 Å². The SMILES string of the molecule is CC1CC=CNNC1. The van der Waals surface area contributed by atoms with E-state index in [0.717, 1.165) is 12.5 Å². The van der Waals surface area contributed by atoms with Crippen molar-refractivity contribution in [1.82, 2.24) is 10.9 Å². The molecule has 1 aliphatic heterocycles.